The van der Waals surface area contributed by atoms with Crippen LogP contribution < -0.4 is 16.0 Å². The van der Waals surface area contributed by atoms with E-state index in [0.717, 1.165) is 28.1 Å². The monoisotopic (exact) mass is 512 g/mol. The molecular weight excluding hydrogens is 484 g/mol. The predicted octanol–water partition coefficient (Wildman–Crippen LogP) is 5.91. The molecule has 0 aliphatic carbocycles. The van der Waals surface area contributed by atoms with E-state index < -0.39 is 5.92 Å². The Morgan fingerprint density at radius 2 is 1.68 bits per heavy atom. The van der Waals surface area contributed by atoms with E-state index in [1.165, 1.54) is 18.0 Å². The standard InChI is InChI=1S/C29H28N4O3S/c1-17-9-5-6-12-22(17)32-24(34)16-37-29-21(15-30)26(23-13-8-14-36-23)25(20(4)31-29)28(35)33-27-18(2)10-7-11-19(27)3/h5-14,26,31H,16H2,1-4H3,(H,32,34)(H,33,35). The number of nitrogens with zero attached hydrogens (tertiary/aromatic N) is 1. The summed E-state index contributed by atoms with van der Waals surface area (Å²) >= 11 is 1.22. The molecule has 0 radical (unpaired) electrons. The van der Waals surface area contributed by atoms with Crippen LogP contribution in [-0.2, 0) is 9.59 Å². The molecule has 3 aromatic rings. The summed E-state index contributed by atoms with van der Waals surface area (Å²) in [5, 5.41) is 19.8. The van der Waals surface area contributed by atoms with Gasteiger partial charge in [-0.25, -0.2) is 0 Å². The number of benzene rings is 2. The van der Waals surface area contributed by atoms with Crippen LogP contribution in [0.4, 0.5) is 11.4 Å². The van der Waals surface area contributed by atoms with Gasteiger partial charge in [-0.2, -0.15) is 5.26 Å². The number of thioether (sulfide) groups is 1. The zero-order valence-electron chi connectivity index (χ0n) is 21.1. The largest absolute Gasteiger partial charge is 0.468 e. The molecule has 2 aromatic carbocycles. The maximum Gasteiger partial charge on any atom is 0.254 e. The molecule has 0 fully saturated rings. The van der Waals surface area contributed by atoms with Gasteiger partial charge in [0.15, 0.2) is 0 Å². The van der Waals surface area contributed by atoms with E-state index in [2.05, 4.69) is 22.0 Å². The maximum atomic E-state index is 13.6. The predicted molar refractivity (Wildman–Crippen MR) is 147 cm³/mol. The molecule has 188 valence electrons. The average Bonchev–Trinajstić information content (AvgIpc) is 3.40. The number of nitriles is 1. The number of anilines is 2. The van der Waals surface area contributed by atoms with Crippen LogP contribution >= 0.6 is 11.8 Å². The zero-order chi connectivity index (χ0) is 26.5. The van der Waals surface area contributed by atoms with Crippen LogP contribution in [0.1, 0.15) is 35.3 Å². The van der Waals surface area contributed by atoms with Crippen LogP contribution in [0.2, 0.25) is 0 Å². The molecule has 1 aliphatic rings. The molecule has 1 aromatic heterocycles. The molecule has 4 rings (SSSR count). The zero-order valence-corrected chi connectivity index (χ0v) is 22.0. The number of rotatable bonds is 7. The van der Waals surface area contributed by atoms with Crippen molar-refractivity contribution in [3.8, 4) is 6.07 Å². The lowest BCUT2D eigenvalue weighted by atomic mass is 9.85. The Bertz CT molecular complexity index is 1430. The first kappa shape index (κ1) is 25.9. The second kappa shape index (κ2) is 11.2. The fourth-order valence-electron chi connectivity index (χ4n) is 4.30. The third kappa shape index (κ3) is 5.63. The number of aryl methyl sites for hydroxylation is 3. The van der Waals surface area contributed by atoms with E-state index in [9.17, 15) is 14.9 Å². The van der Waals surface area contributed by atoms with E-state index in [0.29, 0.717) is 27.6 Å². The molecule has 8 heteroatoms. The van der Waals surface area contributed by atoms with Crippen molar-refractivity contribution in [2.75, 3.05) is 16.4 Å². The van der Waals surface area contributed by atoms with Gasteiger partial charge in [0.25, 0.3) is 5.91 Å². The fourth-order valence-corrected chi connectivity index (χ4v) is 5.19. The smallest absolute Gasteiger partial charge is 0.254 e. The van der Waals surface area contributed by atoms with Crippen molar-refractivity contribution in [3.63, 3.8) is 0 Å². The molecular formula is C29H28N4O3S. The SMILES string of the molecule is CC1=C(C(=O)Nc2c(C)cccc2C)C(c2ccco2)C(C#N)=C(SCC(=O)Nc2ccccc2C)N1. The van der Waals surface area contributed by atoms with Crippen LogP contribution in [0, 0.1) is 32.1 Å². The minimum absolute atomic E-state index is 0.0872. The highest BCUT2D eigenvalue weighted by Crippen LogP contribution is 2.41. The van der Waals surface area contributed by atoms with Crippen molar-refractivity contribution < 1.29 is 14.0 Å². The van der Waals surface area contributed by atoms with Crippen LogP contribution in [-0.4, -0.2) is 17.6 Å². The Labute approximate surface area is 220 Å². The number of furan rings is 1. The van der Waals surface area contributed by atoms with Crippen molar-refractivity contribution in [1.29, 1.82) is 5.26 Å². The number of hydrogen-bond donors (Lipinski definition) is 3. The topological polar surface area (TPSA) is 107 Å². The van der Waals surface area contributed by atoms with Crippen LogP contribution in [0.15, 0.2) is 87.1 Å². The van der Waals surface area contributed by atoms with Crippen molar-refractivity contribution in [3.05, 3.63) is 105 Å². The summed E-state index contributed by atoms with van der Waals surface area (Å²) in [5.74, 6) is -0.665. The second-order valence-corrected chi connectivity index (χ2v) is 9.83. The van der Waals surface area contributed by atoms with Gasteiger partial charge in [-0.05, 0) is 62.6 Å². The number of para-hydroxylation sites is 2. The Morgan fingerprint density at radius 3 is 2.32 bits per heavy atom. The van der Waals surface area contributed by atoms with E-state index in [4.69, 9.17) is 4.42 Å². The van der Waals surface area contributed by atoms with Gasteiger partial charge in [-0.3, -0.25) is 9.59 Å². The van der Waals surface area contributed by atoms with Gasteiger partial charge < -0.3 is 20.4 Å². The first-order valence-corrected chi connectivity index (χ1v) is 12.8. The van der Waals surface area contributed by atoms with Gasteiger partial charge in [0, 0.05) is 17.1 Å². The number of dihydropyridines is 1. The molecule has 37 heavy (non-hydrogen) atoms. The Morgan fingerprint density at radius 1 is 0.973 bits per heavy atom. The average molecular weight is 513 g/mol. The summed E-state index contributed by atoms with van der Waals surface area (Å²) in [6.45, 7) is 7.58. The molecule has 1 atom stereocenters. The van der Waals surface area contributed by atoms with E-state index >= 15 is 0 Å². The molecule has 2 amide bonds. The number of carbonyl (C=O) groups is 2. The van der Waals surface area contributed by atoms with Crippen molar-refractivity contribution in [2.45, 2.75) is 33.6 Å². The molecule has 0 spiro atoms. The molecule has 1 unspecified atom stereocenters. The Balaban J connectivity index is 1.61. The first-order valence-electron chi connectivity index (χ1n) is 11.8. The molecule has 0 bridgehead atoms. The summed E-state index contributed by atoms with van der Waals surface area (Å²) in [6, 6.07) is 19.1. The maximum absolute atomic E-state index is 13.6. The number of allylic oxidation sites excluding steroid dienone is 2. The van der Waals surface area contributed by atoms with Crippen LogP contribution in [0.25, 0.3) is 0 Å². The number of nitrogens with one attached hydrogen (secondary N) is 3. The third-order valence-corrected chi connectivity index (χ3v) is 7.22. The summed E-state index contributed by atoms with van der Waals surface area (Å²) in [7, 11) is 0. The summed E-state index contributed by atoms with van der Waals surface area (Å²) < 4.78 is 5.68. The molecule has 3 N–H and O–H groups in total. The Kier molecular flexibility index (Phi) is 7.85. The van der Waals surface area contributed by atoms with Gasteiger partial charge in [0.2, 0.25) is 5.91 Å². The number of amides is 2. The summed E-state index contributed by atoms with van der Waals surface area (Å²) in [4.78, 5) is 26.3. The highest BCUT2D eigenvalue weighted by Gasteiger charge is 2.36. The lowest BCUT2D eigenvalue weighted by Gasteiger charge is -2.28. The lowest BCUT2D eigenvalue weighted by Crippen LogP contribution is -2.31. The number of hydrogen-bond acceptors (Lipinski definition) is 6. The van der Waals surface area contributed by atoms with Crippen LogP contribution in [0.3, 0.4) is 0 Å². The number of carbonyl (C=O) groups excluding carboxylic acids is 2. The van der Waals surface area contributed by atoms with Crippen molar-refractivity contribution in [1.82, 2.24) is 5.32 Å². The van der Waals surface area contributed by atoms with Gasteiger partial charge >= 0.3 is 0 Å². The van der Waals surface area contributed by atoms with Crippen molar-refractivity contribution >= 4 is 35.0 Å². The Hall–Kier alpha value is -4.22. The minimum atomic E-state index is -0.715. The minimum Gasteiger partial charge on any atom is -0.468 e. The highest BCUT2D eigenvalue weighted by molar-refractivity contribution is 8.03. The second-order valence-electron chi connectivity index (χ2n) is 8.84. The van der Waals surface area contributed by atoms with Gasteiger partial charge in [-0.1, -0.05) is 48.2 Å². The summed E-state index contributed by atoms with van der Waals surface area (Å²) in [5.41, 5.74) is 5.63. The fraction of sp³-hybridized carbons (Fsp3) is 0.207. The van der Waals surface area contributed by atoms with E-state index in [1.807, 2.05) is 63.2 Å². The molecule has 0 saturated heterocycles. The van der Waals surface area contributed by atoms with Crippen molar-refractivity contribution in [2.24, 2.45) is 0 Å². The molecule has 0 saturated carbocycles. The molecule has 7 nitrogen and oxygen atoms in total. The molecule has 2 heterocycles. The van der Waals surface area contributed by atoms with E-state index in [1.54, 1.807) is 19.1 Å². The quantitative estimate of drug-likeness (QED) is 0.363. The normalized spacial score (nSPS) is 15.2. The lowest BCUT2D eigenvalue weighted by molar-refractivity contribution is -0.114. The summed E-state index contributed by atoms with van der Waals surface area (Å²) in [6.07, 6.45) is 1.52. The first-order chi connectivity index (χ1) is 17.8. The van der Waals surface area contributed by atoms with Gasteiger partial charge in [0.05, 0.1) is 40.2 Å². The highest BCUT2D eigenvalue weighted by atomic mass is 32.2. The van der Waals surface area contributed by atoms with Gasteiger partial charge in [0.1, 0.15) is 5.76 Å². The molecule has 1 aliphatic heterocycles. The van der Waals surface area contributed by atoms with E-state index in [-0.39, 0.29) is 17.6 Å². The van der Waals surface area contributed by atoms with Gasteiger partial charge in [-0.15, -0.1) is 0 Å². The third-order valence-electron chi connectivity index (χ3n) is 6.21. The van der Waals surface area contributed by atoms with Crippen LogP contribution in [0.5, 0.6) is 0 Å².